The molecule has 9 heteroatoms. The van der Waals surface area contributed by atoms with Gasteiger partial charge in [-0.25, -0.2) is 0 Å². The first-order chi connectivity index (χ1) is 15.9. The minimum absolute atomic E-state index is 0.185. The van der Waals surface area contributed by atoms with Crippen molar-refractivity contribution in [3.05, 3.63) is 34.9 Å². The molecule has 2 fully saturated rings. The average molecular weight is 464 g/mol. The Labute approximate surface area is 193 Å². The molecule has 4 aliphatic rings. The van der Waals surface area contributed by atoms with Crippen LogP contribution in [0.5, 0.6) is 11.5 Å². The summed E-state index contributed by atoms with van der Waals surface area (Å²) in [4.78, 5) is 2.52. The lowest BCUT2D eigenvalue weighted by Crippen LogP contribution is -2.60. The molecule has 1 aromatic carbocycles. The lowest BCUT2D eigenvalue weighted by molar-refractivity contribution is -0.277. The van der Waals surface area contributed by atoms with Gasteiger partial charge in [0.05, 0.1) is 25.4 Å². The van der Waals surface area contributed by atoms with Gasteiger partial charge in [0.25, 0.3) is 0 Å². The predicted molar refractivity (Wildman–Crippen MR) is 117 cm³/mol. The summed E-state index contributed by atoms with van der Waals surface area (Å²) in [6, 6.07) is 3.94. The highest BCUT2D eigenvalue weighted by molar-refractivity contribution is 5.55. The third-order valence-electron chi connectivity index (χ3n) is 7.80. The second kappa shape index (κ2) is 8.81. The van der Waals surface area contributed by atoms with E-state index in [9.17, 15) is 20.4 Å². The van der Waals surface area contributed by atoms with Gasteiger partial charge in [0, 0.05) is 26.6 Å². The molecule has 0 bridgehead atoms. The summed E-state index contributed by atoms with van der Waals surface area (Å²) >= 11 is 0. The van der Waals surface area contributed by atoms with E-state index in [-0.39, 0.29) is 11.6 Å². The number of rotatable bonds is 5. The zero-order chi connectivity index (χ0) is 23.3. The molecule has 1 saturated heterocycles. The van der Waals surface area contributed by atoms with Crippen LogP contribution in [-0.2, 0) is 21.4 Å². The van der Waals surface area contributed by atoms with Crippen molar-refractivity contribution in [2.75, 3.05) is 33.9 Å². The Bertz CT molecular complexity index is 920. The molecule has 182 valence electrons. The molecule has 3 aliphatic heterocycles. The first-order valence-electron chi connectivity index (χ1n) is 11.6. The van der Waals surface area contributed by atoms with Gasteiger partial charge in [0.2, 0.25) is 6.29 Å². The van der Waals surface area contributed by atoms with E-state index in [0.717, 1.165) is 44.3 Å². The maximum atomic E-state index is 10.4. The second-order valence-corrected chi connectivity index (χ2v) is 9.36. The normalized spacial score (nSPS) is 38.2. The molecule has 0 radical (unpaired) electrons. The van der Waals surface area contributed by atoms with Crippen LogP contribution in [0.1, 0.15) is 30.4 Å². The van der Waals surface area contributed by atoms with Gasteiger partial charge in [-0.1, -0.05) is 6.08 Å². The van der Waals surface area contributed by atoms with Crippen LogP contribution in [0.3, 0.4) is 0 Å². The fourth-order valence-corrected chi connectivity index (χ4v) is 5.99. The van der Waals surface area contributed by atoms with Crippen molar-refractivity contribution in [1.82, 2.24) is 4.90 Å². The number of hydrogen-bond donors (Lipinski definition) is 4. The zero-order valence-corrected chi connectivity index (χ0v) is 19.0. The van der Waals surface area contributed by atoms with E-state index in [1.54, 1.807) is 14.2 Å². The number of hydrogen-bond acceptors (Lipinski definition) is 9. The molecule has 3 heterocycles. The molecule has 33 heavy (non-hydrogen) atoms. The van der Waals surface area contributed by atoms with E-state index < -0.39 is 37.3 Å². The Kier molecular flexibility index (Phi) is 6.15. The molecule has 1 saturated carbocycles. The smallest absolute Gasteiger partial charge is 0.229 e. The van der Waals surface area contributed by atoms with Crippen LogP contribution >= 0.6 is 0 Å². The lowest BCUT2D eigenvalue weighted by atomic mass is 9.69. The van der Waals surface area contributed by atoms with Gasteiger partial charge in [0.1, 0.15) is 24.4 Å². The molecule has 1 aromatic rings. The molecule has 1 aliphatic carbocycles. The fourth-order valence-electron chi connectivity index (χ4n) is 5.99. The van der Waals surface area contributed by atoms with E-state index in [1.165, 1.54) is 11.1 Å². The molecule has 0 aromatic heterocycles. The Morgan fingerprint density at radius 2 is 1.91 bits per heavy atom. The number of methoxy groups -OCH3 is 2. The van der Waals surface area contributed by atoms with Gasteiger partial charge in [-0.2, -0.15) is 0 Å². The van der Waals surface area contributed by atoms with Gasteiger partial charge in [0.15, 0.2) is 11.5 Å². The van der Waals surface area contributed by atoms with Crippen LogP contribution in [0.15, 0.2) is 23.8 Å². The predicted octanol–water partition coefficient (Wildman–Crippen LogP) is 0.0662. The SMILES string of the molecule is COc1cc2c(cc1OC1OC(CO)C(O)C(O)C1O)CCN1CC=C3CCC(OC)CC321. The molecule has 7 atom stereocenters. The van der Waals surface area contributed by atoms with Crippen LogP contribution in [-0.4, -0.2) is 96.1 Å². The summed E-state index contributed by atoms with van der Waals surface area (Å²) in [7, 11) is 3.33. The maximum Gasteiger partial charge on any atom is 0.229 e. The van der Waals surface area contributed by atoms with Gasteiger partial charge in [-0.15, -0.1) is 0 Å². The van der Waals surface area contributed by atoms with Gasteiger partial charge >= 0.3 is 0 Å². The van der Waals surface area contributed by atoms with Crippen molar-refractivity contribution < 1.29 is 39.4 Å². The van der Waals surface area contributed by atoms with Crippen LogP contribution in [0, 0.1) is 0 Å². The van der Waals surface area contributed by atoms with Crippen molar-refractivity contribution in [2.24, 2.45) is 0 Å². The highest BCUT2D eigenvalue weighted by Crippen LogP contribution is 2.54. The minimum atomic E-state index is -1.50. The molecule has 7 unspecified atom stereocenters. The molecule has 4 N–H and O–H groups in total. The largest absolute Gasteiger partial charge is 0.493 e. The van der Waals surface area contributed by atoms with Crippen LogP contribution < -0.4 is 9.47 Å². The number of nitrogens with zero attached hydrogens (tertiary/aromatic N) is 1. The van der Waals surface area contributed by atoms with Gasteiger partial charge < -0.3 is 39.4 Å². The molecule has 0 amide bonds. The topological polar surface area (TPSA) is 121 Å². The summed E-state index contributed by atoms with van der Waals surface area (Å²) in [5, 5.41) is 40.0. The Hall–Kier alpha value is -1.72. The highest BCUT2D eigenvalue weighted by Gasteiger charge is 2.52. The number of aliphatic hydroxyl groups excluding tert-OH is 4. The lowest BCUT2D eigenvalue weighted by Gasteiger charge is -2.50. The fraction of sp³-hybridized carbons (Fsp3) is 0.667. The van der Waals surface area contributed by atoms with E-state index in [0.29, 0.717) is 11.5 Å². The average Bonchev–Trinajstić information content (AvgIpc) is 3.22. The maximum absolute atomic E-state index is 10.4. The van der Waals surface area contributed by atoms with Crippen LogP contribution in [0.25, 0.3) is 0 Å². The Morgan fingerprint density at radius 1 is 1.09 bits per heavy atom. The summed E-state index contributed by atoms with van der Waals surface area (Å²) < 4.78 is 22.9. The van der Waals surface area contributed by atoms with Gasteiger partial charge in [-0.05, 0) is 48.1 Å². The summed E-state index contributed by atoms with van der Waals surface area (Å²) in [5.41, 5.74) is 3.55. The Balaban J connectivity index is 1.50. The second-order valence-electron chi connectivity index (χ2n) is 9.36. The number of benzene rings is 1. The van der Waals surface area contributed by atoms with E-state index >= 15 is 0 Å². The molecular formula is C24H33NO8. The molecule has 1 spiro atoms. The first-order valence-corrected chi connectivity index (χ1v) is 11.6. The molecule has 9 nitrogen and oxygen atoms in total. The third kappa shape index (κ3) is 3.58. The van der Waals surface area contributed by atoms with Crippen molar-refractivity contribution in [3.8, 4) is 11.5 Å². The van der Waals surface area contributed by atoms with E-state index in [2.05, 4.69) is 11.0 Å². The van der Waals surface area contributed by atoms with Crippen LogP contribution in [0.2, 0.25) is 0 Å². The van der Waals surface area contributed by atoms with Gasteiger partial charge in [-0.3, -0.25) is 4.90 Å². The van der Waals surface area contributed by atoms with Crippen molar-refractivity contribution in [3.63, 3.8) is 0 Å². The van der Waals surface area contributed by atoms with Crippen LogP contribution in [0.4, 0.5) is 0 Å². The standard InChI is InChI=1S/C24H33NO8/c1-30-15-4-3-14-6-8-25-7-5-13-9-18(17(31-2)10-16(13)24(14,25)11-15)32-23-22(29)21(28)20(27)19(12-26)33-23/h6,9-10,15,19-23,26-29H,3-5,7-8,11-12H2,1-2H3. The van der Waals surface area contributed by atoms with E-state index in [1.807, 2.05) is 12.1 Å². The Morgan fingerprint density at radius 3 is 2.64 bits per heavy atom. The van der Waals surface area contributed by atoms with Crippen molar-refractivity contribution in [1.29, 1.82) is 0 Å². The summed E-state index contributed by atoms with van der Waals surface area (Å²) in [5.74, 6) is 0.876. The molecular weight excluding hydrogens is 430 g/mol. The van der Waals surface area contributed by atoms with E-state index in [4.69, 9.17) is 18.9 Å². The van der Waals surface area contributed by atoms with Crippen molar-refractivity contribution >= 4 is 0 Å². The number of fused-ring (bicyclic) bond motifs is 1. The quantitative estimate of drug-likeness (QED) is 0.450. The van der Waals surface area contributed by atoms with Crippen molar-refractivity contribution in [2.45, 2.75) is 68.0 Å². The summed E-state index contributed by atoms with van der Waals surface area (Å²) in [6.07, 6.45) is -0.446. The third-order valence-corrected chi connectivity index (χ3v) is 7.80. The highest BCUT2D eigenvalue weighted by atomic mass is 16.7. The number of aliphatic hydroxyl groups is 4. The monoisotopic (exact) mass is 463 g/mol. The minimum Gasteiger partial charge on any atom is -0.493 e. The molecule has 5 rings (SSSR count). The first kappa shape index (κ1) is 23.0. The zero-order valence-electron chi connectivity index (χ0n) is 19.0. The number of ether oxygens (including phenoxy) is 4. The summed E-state index contributed by atoms with van der Waals surface area (Å²) in [6.45, 7) is 1.33.